The number of rotatable bonds is 0. The summed E-state index contributed by atoms with van der Waals surface area (Å²) in [7, 11) is 1.76. The van der Waals surface area contributed by atoms with Gasteiger partial charge in [-0.25, -0.2) is 4.98 Å². The molecule has 0 saturated carbocycles. The van der Waals surface area contributed by atoms with E-state index in [4.69, 9.17) is 0 Å². The number of carbonyl (C=O) groups is 1. The predicted octanol–water partition coefficient (Wildman–Crippen LogP) is 0.909. The Morgan fingerprint density at radius 3 is 3.00 bits per heavy atom. The number of pyridine rings is 1. The molecule has 1 aromatic heterocycles. The monoisotopic (exact) mass is 162 g/mol. The maximum atomic E-state index is 11.2. The van der Waals surface area contributed by atoms with E-state index in [1.165, 1.54) is 0 Å². The molecule has 62 valence electrons. The Morgan fingerprint density at radius 2 is 2.25 bits per heavy atom. The molecule has 3 heteroatoms. The van der Waals surface area contributed by atoms with Crippen molar-refractivity contribution in [1.82, 2.24) is 4.98 Å². The van der Waals surface area contributed by atoms with E-state index >= 15 is 0 Å². The van der Waals surface area contributed by atoms with Crippen LogP contribution >= 0.6 is 0 Å². The highest BCUT2D eigenvalue weighted by Gasteiger charge is 2.24. The summed E-state index contributed by atoms with van der Waals surface area (Å²) in [4.78, 5) is 17.1. The lowest BCUT2D eigenvalue weighted by molar-refractivity contribution is -0.117. The summed E-state index contributed by atoms with van der Waals surface area (Å²) < 4.78 is 0. The van der Waals surface area contributed by atoms with Crippen molar-refractivity contribution in [1.29, 1.82) is 0 Å². The van der Waals surface area contributed by atoms with E-state index in [1.54, 1.807) is 11.9 Å². The van der Waals surface area contributed by atoms with Gasteiger partial charge in [0.2, 0.25) is 5.91 Å². The predicted molar refractivity (Wildman–Crippen MR) is 46.1 cm³/mol. The van der Waals surface area contributed by atoms with Crippen LogP contribution in [0.4, 0.5) is 5.82 Å². The van der Waals surface area contributed by atoms with Crippen LogP contribution in [0.3, 0.4) is 0 Å². The zero-order valence-corrected chi connectivity index (χ0v) is 7.16. The maximum Gasteiger partial charge on any atom is 0.232 e. The largest absolute Gasteiger partial charge is 0.299 e. The van der Waals surface area contributed by atoms with Crippen molar-refractivity contribution >= 4 is 11.7 Å². The first kappa shape index (κ1) is 7.28. The van der Waals surface area contributed by atoms with Crippen LogP contribution in [0.1, 0.15) is 11.3 Å². The SMILES string of the molecule is Cc1ccc2c(n1)N(C)C(=O)C2. The Hall–Kier alpha value is -1.38. The quantitative estimate of drug-likeness (QED) is 0.568. The minimum absolute atomic E-state index is 0.128. The topological polar surface area (TPSA) is 33.2 Å². The third kappa shape index (κ3) is 0.897. The van der Waals surface area contributed by atoms with Gasteiger partial charge in [-0.3, -0.25) is 9.69 Å². The molecule has 0 radical (unpaired) electrons. The Morgan fingerprint density at radius 1 is 1.50 bits per heavy atom. The summed E-state index contributed by atoms with van der Waals surface area (Å²) in [5.74, 6) is 0.947. The number of fused-ring (bicyclic) bond motifs is 1. The van der Waals surface area contributed by atoms with E-state index in [0.717, 1.165) is 17.1 Å². The van der Waals surface area contributed by atoms with Crippen molar-refractivity contribution in [3.05, 3.63) is 23.4 Å². The van der Waals surface area contributed by atoms with Crippen LogP contribution in [0.5, 0.6) is 0 Å². The van der Waals surface area contributed by atoms with Gasteiger partial charge in [0.05, 0.1) is 6.42 Å². The Labute approximate surface area is 71.0 Å². The number of carbonyl (C=O) groups excluding carboxylic acids is 1. The van der Waals surface area contributed by atoms with Crippen LogP contribution in [0.15, 0.2) is 12.1 Å². The highest BCUT2D eigenvalue weighted by atomic mass is 16.2. The van der Waals surface area contributed by atoms with Gasteiger partial charge in [-0.15, -0.1) is 0 Å². The highest BCUT2D eigenvalue weighted by molar-refractivity contribution is 5.99. The molecule has 1 aliphatic rings. The first-order valence-electron chi connectivity index (χ1n) is 3.91. The lowest BCUT2D eigenvalue weighted by Crippen LogP contribution is -2.21. The number of hydrogen-bond donors (Lipinski definition) is 0. The van der Waals surface area contributed by atoms with Crippen LogP contribution in [0.25, 0.3) is 0 Å². The number of nitrogens with zero attached hydrogens (tertiary/aromatic N) is 2. The summed E-state index contributed by atoms with van der Waals surface area (Å²) in [6.07, 6.45) is 0.499. The molecule has 0 aromatic carbocycles. The molecule has 0 unspecified atom stereocenters. The number of aromatic nitrogens is 1. The Kier molecular flexibility index (Phi) is 1.40. The van der Waals surface area contributed by atoms with E-state index in [0.29, 0.717) is 6.42 Å². The molecule has 0 N–H and O–H groups in total. The van der Waals surface area contributed by atoms with Gasteiger partial charge < -0.3 is 0 Å². The molecule has 1 amide bonds. The van der Waals surface area contributed by atoms with Crippen molar-refractivity contribution in [2.75, 3.05) is 11.9 Å². The number of anilines is 1. The normalized spacial score (nSPS) is 15.2. The molecule has 0 bridgehead atoms. The molecule has 3 nitrogen and oxygen atoms in total. The molecule has 0 aliphatic carbocycles. The standard InChI is InChI=1S/C9H10N2O/c1-6-3-4-7-5-8(12)11(2)9(7)10-6/h3-4H,5H2,1-2H3. The zero-order chi connectivity index (χ0) is 8.72. The van der Waals surface area contributed by atoms with Gasteiger partial charge in [-0.1, -0.05) is 6.07 Å². The first-order valence-corrected chi connectivity index (χ1v) is 3.91. The lowest BCUT2D eigenvalue weighted by atomic mass is 10.2. The fraction of sp³-hybridized carbons (Fsp3) is 0.333. The summed E-state index contributed by atoms with van der Waals surface area (Å²) in [5, 5.41) is 0. The van der Waals surface area contributed by atoms with Crippen LogP contribution in [0.2, 0.25) is 0 Å². The van der Waals surface area contributed by atoms with E-state index in [9.17, 15) is 4.79 Å². The minimum Gasteiger partial charge on any atom is -0.299 e. The summed E-state index contributed by atoms with van der Waals surface area (Å²) >= 11 is 0. The molecule has 1 aliphatic heterocycles. The molecular weight excluding hydrogens is 152 g/mol. The zero-order valence-electron chi connectivity index (χ0n) is 7.16. The van der Waals surface area contributed by atoms with E-state index in [2.05, 4.69) is 4.98 Å². The lowest BCUT2D eigenvalue weighted by Gasteiger charge is -2.08. The van der Waals surface area contributed by atoms with Gasteiger partial charge in [-0.05, 0) is 13.0 Å². The van der Waals surface area contributed by atoms with Crippen LogP contribution < -0.4 is 4.90 Å². The molecule has 0 atom stereocenters. The fourth-order valence-corrected chi connectivity index (χ4v) is 1.40. The number of amides is 1. The van der Waals surface area contributed by atoms with Crippen molar-refractivity contribution in [3.8, 4) is 0 Å². The molecule has 2 heterocycles. The average Bonchev–Trinajstić information content (AvgIpc) is 2.31. The van der Waals surface area contributed by atoms with Gasteiger partial charge in [-0.2, -0.15) is 0 Å². The van der Waals surface area contributed by atoms with Crippen molar-refractivity contribution in [2.45, 2.75) is 13.3 Å². The molecular formula is C9H10N2O. The van der Waals surface area contributed by atoms with E-state index in [1.807, 2.05) is 19.1 Å². The summed E-state index contributed by atoms with van der Waals surface area (Å²) in [6.45, 7) is 1.93. The second-order valence-corrected chi connectivity index (χ2v) is 3.06. The average molecular weight is 162 g/mol. The van der Waals surface area contributed by atoms with Crippen LogP contribution in [-0.4, -0.2) is 17.9 Å². The van der Waals surface area contributed by atoms with Crippen molar-refractivity contribution in [2.24, 2.45) is 0 Å². The molecule has 12 heavy (non-hydrogen) atoms. The molecule has 1 aromatic rings. The van der Waals surface area contributed by atoms with Gasteiger partial charge in [0.15, 0.2) is 0 Å². The van der Waals surface area contributed by atoms with Crippen LogP contribution in [0, 0.1) is 6.92 Å². The number of aryl methyl sites for hydroxylation is 1. The second-order valence-electron chi connectivity index (χ2n) is 3.06. The smallest absolute Gasteiger partial charge is 0.232 e. The maximum absolute atomic E-state index is 11.2. The van der Waals surface area contributed by atoms with E-state index < -0.39 is 0 Å². The van der Waals surface area contributed by atoms with Crippen molar-refractivity contribution in [3.63, 3.8) is 0 Å². The fourth-order valence-electron chi connectivity index (χ4n) is 1.40. The third-order valence-electron chi connectivity index (χ3n) is 2.13. The number of likely N-dealkylation sites (N-methyl/N-ethyl adjacent to an activating group) is 1. The third-order valence-corrected chi connectivity index (χ3v) is 2.13. The van der Waals surface area contributed by atoms with E-state index in [-0.39, 0.29) is 5.91 Å². The van der Waals surface area contributed by atoms with Gasteiger partial charge in [0.25, 0.3) is 0 Å². The molecule has 0 fully saturated rings. The first-order chi connectivity index (χ1) is 5.68. The highest BCUT2D eigenvalue weighted by Crippen LogP contribution is 2.24. The molecule has 2 rings (SSSR count). The minimum atomic E-state index is 0.128. The van der Waals surface area contributed by atoms with Crippen molar-refractivity contribution < 1.29 is 4.79 Å². The summed E-state index contributed by atoms with van der Waals surface area (Å²) in [6, 6.07) is 3.91. The van der Waals surface area contributed by atoms with Gasteiger partial charge in [0, 0.05) is 18.3 Å². The number of hydrogen-bond acceptors (Lipinski definition) is 2. The summed E-state index contributed by atoms with van der Waals surface area (Å²) in [5.41, 5.74) is 1.99. The Bertz CT molecular complexity index is 346. The second kappa shape index (κ2) is 2.30. The molecule has 0 saturated heterocycles. The van der Waals surface area contributed by atoms with Crippen LogP contribution in [-0.2, 0) is 11.2 Å². The van der Waals surface area contributed by atoms with Gasteiger partial charge >= 0.3 is 0 Å². The van der Waals surface area contributed by atoms with Gasteiger partial charge in [0.1, 0.15) is 5.82 Å². The Balaban J connectivity index is 2.55. The molecule has 0 spiro atoms.